The minimum absolute atomic E-state index is 0.0243. The summed E-state index contributed by atoms with van der Waals surface area (Å²) in [7, 11) is -0.977. The molecule has 0 aromatic heterocycles. The lowest BCUT2D eigenvalue weighted by atomic mass is 9.96. The van der Waals surface area contributed by atoms with Gasteiger partial charge in [-0.15, -0.1) is 0 Å². The number of ether oxygens (including phenoxy) is 3. The van der Waals surface area contributed by atoms with E-state index in [9.17, 15) is 71.3 Å². The van der Waals surface area contributed by atoms with Crippen LogP contribution in [0.3, 0.4) is 0 Å². The second-order valence-electron chi connectivity index (χ2n) is 28.0. The molecule has 2 saturated carbocycles. The van der Waals surface area contributed by atoms with Gasteiger partial charge >= 0.3 is 0 Å². The summed E-state index contributed by atoms with van der Waals surface area (Å²) >= 11 is 39.4. The molecule has 3 aliphatic rings. The number of carbonyl (C=O) groups excluding carboxylic acids is 11. The molecule has 0 bridgehead atoms. The fraction of sp³-hybridized carbons (Fsp3) is 0.172. The van der Waals surface area contributed by atoms with Crippen molar-refractivity contribution in [2.45, 2.75) is 95.1 Å². The average Bonchev–Trinajstić information content (AvgIpc) is 1.59. The minimum Gasteiger partial charge on any atom is -0.497 e. The predicted octanol–water partition coefficient (Wildman–Crippen LogP) is 16.0. The molecule has 10 aromatic carbocycles. The Morgan fingerprint density at radius 1 is 0.429 bits per heavy atom. The minimum atomic E-state index is -4.09. The van der Waals surface area contributed by atoms with Gasteiger partial charge in [-0.3, -0.25) is 100 Å². The van der Waals surface area contributed by atoms with Crippen molar-refractivity contribution >= 4 is 220 Å². The van der Waals surface area contributed by atoms with E-state index in [2.05, 4.69) is 60.5 Å². The highest BCUT2D eigenvalue weighted by atomic mass is 35.5. The van der Waals surface area contributed by atoms with Crippen LogP contribution in [0.15, 0.2) is 278 Å². The van der Waals surface area contributed by atoms with Crippen LogP contribution in [0.4, 0.5) is 21.9 Å². The number of thiol groups is 1. The first-order valence-electron chi connectivity index (χ1n) is 40.3. The summed E-state index contributed by atoms with van der Waals surface area (Å²) in [5, 5.41) is 36.9. The Labute approximate surface area is 809 Å². The Balaban J connectivity index is 0.000000213. The van der Waals surface area contributed by atoms with E-state index in [1.807, 2.05) is 53.8 Å². The number of non-ortho nitro benzene ring substituents is 1. The normalized spacial score (nSPS) is 12.3. The fourth-order valence-corrected chi connectivity index (χ4v) is 15.4. The highest BCUT2D eigenvalue weighted by molar-refractivity contribution is 7.96. The summed E-state index contributed by atoms with van der Waals surface area (Å²) in [5.41, 5.74) is 4.60. The maximum absolute atomic E-state index is 12.4. The Morgan fingerprint density at radius 3 is 1.17 bits per heavy atom. The SMILES string of the molecule is CC(=O)N(C(C)=O)C(=S)NC(=O)c1ccccc1.COc1ccc(C(=O)NC(=S)Nc2ccc([N+](=O)[O-])cc2)cc1.COc1ccc(C(=O)NC(=S)Nc2ccccc2)cc1.O=C(NC(=S)N1C(=O)c2ccccc2S1(=O)=O)c1ccccc1.O=C(NC(=S)NC1CCCCC1)c1ccc(Cl)cc1.O=C(NC(=S)OC1CCCCC1)c1ccccc1.O=C(S)NC(=O)c1ccccc1. The average molecular weight is 1970 g/mol. The largest absolute Gasteiger partial charge is 0.497 e. The van der Waals surface area contributed by atoms with Crippen molar-refractivity contribution in [1.29, 1.82) is 0 Å². The van der Waals surface area contributed by atoms with Gasteiger partial charge in [-0.2, -0.15) is 4.31 Å². The van der Waals surface area contributed by atoms with Crippen molar-refractivity contribution in [3.05, 3.63) is 333 Å². The number of nitrogens with zero attached hydrogens (tertiary/aromatic N) is 3. The number of fused-ring (bicyclic) bond motifs is 1. The third-order valence-electron chi connectivity index (χ3n) is 18.5. The molecule has 11 amide bonds. The molecule has 1 aliphatic heterocycles. The van der Waals surface area contributed by atoms with Crippen LogP contribution in [0, 0.1) is 10.1 Å². The van der Waals surface area contributed by atoms with Gasteiger partial charge < -0.3 is 30.2 Å². The van der Waals surface area contributed by atoms with Crippen LogP contribution in [0.5, 0.6) is 11.5 Å². The summed E-state index contributed by atoms with van der Waals surface area (Å²) in [6.45, 7) is 2.39. The van der Waals surface area contributed by atoms with Crippen molar-refractivity contribution in [2.24, 2.45) is 0 Å². The third-order valence-corrected chi connectivity index (χ3v) is 22.1. The van der Waals surface area contributed by atoms with E-state index in [-0.39, 0.29) is 66.4 Å². The van der Waals surface area contributed by atoms with Crippen molar-refractivity contribution in [3.8, 4) is 11.5 Å². The number of halogens is 1. The van der Waals surface area contributed by atoms with E-state index in [4.69, 9.17) is 99.1 Å². The number of sulfonamides is 1. The molecule has 10 N–H and O–H groups in total. The van der Waals surface area contributed by atoms with Crippen LogP contribution in [0.2, 0.25) is 5.02 Å². The zero-order chi connectivity index (χ0) is 96.9. The number of imide groups is 2. The molecule has 2 aliphatic carbocycles. The zero-order valence-electron chi connectivity index (χ0n) is 71.6. The molecular formula is C93H90ClN13O18S8. The molecule has 133 heavy (non-hydrogen) atoms. The summed E-state index contributed by atoms with van der Waals surface area (Å²) in [5.74, 6) is -3.05. The van der Waals surface area contributed by atoms with Crippen molar-refractivity contribution in [2.75, 3.05) is 24.9 Å². The molecule has 0 saturated heterocycles. The van der Waals surface area contributed by atoms with Gasteiger partial charge in [-0.1, -0.05) is 153 Å². The van der Waals surface area contributed by atoms with Crippen molar-refractivity contribution in [1.82, 2.24) is 51.7 Å². The zero-order valence-corrected chi connectivity index (χ0v) is 78.9. The first-order chi connectivity index (χ1) is 63.6. The van der Waals surface area contributed by atoms with Crippen LogP contribution >= 0.6 is 97.5 Å². The Kier molecular flexibility index (Phi) is 44.1. The van der Waals surface area contributed by atoms with Crippen LogP contribution < -0.4 is 62.6 Å². The highest BCUT2D eigenvalue weighted by Gasteiger charge is 2.44. The summed E-state index contributed by atoms with van der Waals surface area (Å²) in [4.78, 5) is 138. The summed E-state index contributed by atoms with van der Waals surface area (Å²) < 4.78 is 40.9. The number of amides is 11. The molecule has 31 nitrogen and oxygen atoms in total. The Morgan fingerprint density at radius 2 is 0.774 bits per heavy atom. The number of nitro benzene ring substituents is 1. The first-order valence-corrected chi connectivity index (χ1v) is 45.0. The molecule has 1 heterocycles. The third kappa shape index (κ3) is 36.4. The molecule has 2 fully saturated rings. The highest BCUT2D eigenvalue weighted by Crippen LogP contribution is 2.31. The predicted molar refractivity (Wildman–Crippen MR) is 533 cm³/mol. The van der Waals surface area contributed by atoms with Gasteiger partial charge in [0.1, 0.15) is 22.5 Å². The molecular weight excluding hydrogens is 1880 g/mol. The van der Waals surface area contributed by atoms with Crippen molar-refractivity contribution in [3.63, 3.8) is 0 Å². The number of methoxy groups -OCH3 is 2. The number of anilines is 2. The van der Waals surface area contributed by atoms with E-state index < -0.39 is 60.7 Å². The maximum atomic E-state index is 12.4. The smallest absolute Gasteiger partial charge is 0.282 e. The summed E-state index contributed by atoms with van der Waals surface area (Å²) in [6.07, 6.45) is 11.8. The van der Waals surface area contributed by atoms with Gasteiger partial charge in [0.05, 0.1) is 24.7 Å². The standard InChI is InChI=1S/C15H13N3O4S.C15H10N2O4S2.C15H14N2O2S.C14H17ClN2OS.C14H17NO2S.C12H12N2O3S.C8H7NO2S/c1-22-13-8-2-10(3-9-13)14(19)17-15(23)16-11-4-6-12(7-5-11)18(20)21;18-13(10-6-2-1-3-7-10)16-15(22)17-14(19)11-8-4-5-9-12(11)23(17,20)21;1-19-13-9-7-11(8-10-13)14(18)17-15(20)16-12-5-3-2-4-6-12;15-11-8-6-10(7-9-11)13(18)17-14(19)16-12-4-2-1-3-5-12;16-13(11-7-3-1-4-8-11)15-14(18)17-12-9-5-2-6-10-12;1-8(15)14(9(2)16)12(18)13-11(17)10-6-4-3-5-7-10;10-7(9-8(11)12)6-4-2-1-3-5-6/h2-9H,1H3,(H2,16,17,19,23);1-9H,(H,16,18,22);2-10H,1H3,(H2,16,17,18,20);6-9,12H,1-5H2,(H2,16,17,18,19);1,3-4,7-8,12H,2,5-6,9-10H2,(H,15,16,18);3-7H,1-2H3,(H,13,17,18);1-5H,(H2,9,10,11,12). The van der Waals surface area contributed by atoms with Gasteiger partial charge in [0.25, 0.3) is 73.4 Å². The number of thiocarbonyl (C=S) groups is 6. The lowest BCUT2D eigenvalue weighted by Crippen LogP contribution is -2.47. The van der Waals surface area contributed by atoms with Gasteiger partial charge in [-0.25, -0.2) is 13.3 Å². The molecule has 40 heteroatoms. The monoisotopic (exact) mass is 1970 g/mol. The Hall–Kier alpha value is -13.9. The number of para-hydroxylation sites is 1. The van der Waals surface area contributed by atoms with Gasteiger partial charge in [0.2, 0.25) is 11.8 Å². The van der Waals surface area contributed by atoms with Crippen LogP contribution in [0.25, 0.3) is 0 Å². The first kappa shape index (κ1) is 106. The van der Waals surface area contributed by atoms with Crippen LogP contribution in [-0.4, -0.2) is 144 Å². The second kappa shape index (κ2) is 55.3. The topological polar surface area (TPSA) is 420 Å². The van der Waals surface area contributed by atoms with E-state index in [1.165, 1.54) is 94.8 Å². The van der Waals surface area contributed by atoms with E-state index in [0.29, 0.717) is 76.6 Å². The number of carbonyl (C=O) groups is 11. The fourth-order valence-electron chi connectivity index (χ4n) is 12.0. The van der Waals surface area contributed by atoms with Gasteiger partial charge in [-0.05, 0) is 270 Å². The van der Waals surface area contributed by atoms with Crippen LogP contribution in [-0.2, 0) is 24.3 Å². The number of benzene rings is 10. The lowest BCUT2D eigenvalue weighted by molar-refractivity contribution is -0.384. The number of hydrogen-bond acceptors (Lipinski definition) is 24. The van der Waals surface area contributed by atoms with E-state index in [0.717, 1.165) is 36.3 Å². The Bertz CT molecular complexity index is 5890. The van der Waals surface area contributed by atoms with Crippen molar-refractivity contribution < 1.29 is 80.3 Å². The van der Waals surface area contributed by atoms with Gasteiger partial charge in [0, 0.05) is 87.4 Å². The molecule has 10 aromatic rings. The van der Waals surface area contributed by atoms with Gasteiger partial charge in [0.15, 0.2) is 25.6 Å². The molecule has 0 spiro atoms. The number of nitro groups is 1. The maximum Gasteiger partial charge on any atom is 0.282 e. The number of hydrogen-bond donors (Lipinski definition) is 11. The van der Waals surface area contributed by atoms with E-state index >= 15 is 0 Å². The second-order valence-corrected chi connectivity index (χ2v) is 33.0. The summed E-state index contributed by atoms with van der Waals surface area (Å²) in [6, 6.07) is 75.4. The molecule has 0 radical (unpaired) electrons. The van der Waals surface area contributed by atoms with E-state index in [1.54, 1.807) is 196 Å². The van der Waals surface area contributed by atoms with Crippen LogP contribution in [0.1, 0.15) is 161 Å². The molecule has 13 rings (SSSR count). The molecule has 690 valence electrons. The lowest BCUT2D eigenvalue weighted by Gasteiger charge is -2.24. The number of nitrogens with one attached hydrogen (secondary N) is 10. The molecule has 0 unspecified atom stereocenters. The quantitative estimate of drug-likeness (QED) is 0.0208. The molecule has 0 atom stereocenters. The number of rotatable bonds is 14.